The zero-order valence-corrected chi connectivity index (χ0v) is 23.3. The Labute approximate surface area is 241 Å². The van der Waals surface area contributed by atoms with Crippen LogP contribution in [-0.2, 0) is 30.1 Å². The first-order valence-corrected chi connectivity index (χ1v) is 13.6. The Morgan fingerprint density at radius 1 is 0.974 bits per heavy atom. The third-order valence-electron chi connectivity index (χ3n) is 6.40. The Kier molecular flexibility index (Phi) is 9.02. The summed E-state index contributed by atoms with van der Waals surface area (Å²) in [5.41, 5.74) is 2.48. The summed E-state index contributed by atoms with van der Waals surface area (Å²) in [6, 6.07) is 21.7. The maximum absolute atomic E-state index is 13.0. The van der Waals surface area contributed by atoms with E-state index in [1.54, 1.807) is 24.3 Å². The molecule has 0 aliphatic carbocycles. The number of esters is 1. The third kappa shape index (κ3) is 7.08. The van der Waals surface area contributed by atoms with E-state index in [4.69, 9.17) is 63.8 Å². The van der Waals surface area contributed by atoms with Crippen molar-refractivity contribution in [1.29, 1.82) is 0 Å². The van der Waals surface area contributed by atoms with Gasteiger partial charge in [-0.25, -0.2) is 4.79 Å². The molecule has 4 unspecified atom stereocenters. The molecule has 2 aliphatic rings. The molecule has 204 valence electrons. The van der Waals surface area contributed by atoms with Gasteiger partial charge in [0.15, 0.2) is 24.2 Å². The van der Waals surface area contributed by atoms with Crippen molar-refractivity contribution in [3.05, 3.63) is 99.5 Å². The number of thiocarbonyl (C=S) groups is 1. The largest absolute Gasteiger partial charge is 0.452 e. The number of halogens is 2. The molecule has 2 saturated heterocycles. The standard InChI is InChI=1S/C29H26Cl2O7S/c1-17-7-9-19(10-8-17)28(32)35-24-16-33-23-15-34-25(13-18-5-3-2-4-6-18)37-26(23)27(24)38-29(39)36-22-12-11-20(30)14-21(22)31/h2-12,14,23-27H,13,15-16H2,1H3/t23?,24?,25?,26-,27?/m0/s1. The summed E-state index contributed by atoms with van der Waals surface area (Å²) in [7, 11) is 0. The van der Waals surface area contributed by atoms with E-state index >= 15 is 0 Å². The van der Waals surface area contributed by atoms with Crippen LogP contribution >= 0.6 is 35.4 Å². The highest BCUT2D eigenvalue weighted by atomic mass is 35.5. The van der Waals surface area contributed by atoms with Gasteiger partial charge >= 0.3 is 11.2 Å². The molecule has 39 heavy (non-hydrogen) atoms. The van der Waals surface area contributed by atoms with Crippen LogP contribution in [0.2, 0.25) is 10.0 Å². The van der Waals surface area contributed by atoms with Crippen molar-refractivity contribution >= 4 is 46.6 Å². The second-order valence-electron chi connectivity index (χ2n) is 9.24. The van der Waals surface area contributed by atoms with Gasteiger partial charge in [0, 0.05) is 23.7 Å². The SMILES string of the molecule is Cc1ccc(C(=O)OC2COC3COC(Cc4ccccc4)O[C@@H]3C2OC(=S)Oc2ccc(Cl)cc2Cl)cc1. The molecule has 0 radical (unpaired) electrons. The molecule has 0 saturated carbocycles. The van der Waals surface area contributed by atoms with E-state index in [2.05, 4.69) is 0 Å². The van der Waals surface area contributed by atoms with E-state index in [9.17, 15) is 4.79 Å². The summed E-state index contributed by atoms with van der Waals surface area (Å²) >= 11 is 17.6. The summed E-state index contributed by atoms with van der Waals surface area (Å²) in [6.45, 7) is 2.28. The van der Waals surface area contributed by atoms with Gasteiger partial charge in [0.05, 0.1) is 23.8 Å². The van der Waals surface area contributed by atoms with Crippen molar-refractivity contribution in [1.82, 2.24) is 0 Å². The topological polar surface area (TPSA) is 72.5 Å². The van der Waals surface area contributed by atoms with E-state index in [1.807, 2.05) is 49.4 Å². The normalized spacial score (nSPS) is 24.3. The first-order valence-electron chi connectivity index (χ1n) is 12.4. The van der Waals surface area contributed by atoms with E-state index in [1.165, 1.54) is 6.07 Å². The molecule has 0 bridgehead atoms. The van der Waals surface area contributed by atoms with E-state index in [-0.39, 0.29) is 29.2 Å². The maximum Gasteiger partial charge on any atom is 0.358 e. The summed E-state index contributed by atoms with van der Waals surface area (Å²) < 4.78 is 35.9. The minimum atomic E-state index is -0.835. The molecular formula is C29H26Cl2O7S. The summed E-state index contributed by atoms with van der Waals surface area (Å²) in [5.74, 6) is -0.242. The number of aryl methyl sites for hydroxylation is 1. The lowest BCUT2D eigenvalue weighted by molar-refractivity contribution is -0.307. The van der Waals surface area contributed by atoms with Gasteiger partial charge < -0.3 is 28.4 Å². The van der Waals surface area contributed by atoms with Crippen molar-refractivity contribution in [3.8, 4) is 5.75 Å². The molecule has 10 heteroatoms. The molecule has 2 heterocycles. The van der Waals surface area contributed by atoms with Gasteiger partial charge in [0.1, 0.15) is 12.2 Å². The molecular weight excluding hydrogens is 563 g/mol. The minimum absolute atomic E-state index is 0.0593. The van der Waals surface area contributed by atoms with Gasteiger partial charge in [-0.2, -0.15) is 0 Å². The number of carbonyl (C=O) groups is 1. The number of hydrogen-bond acceptors (Lipinski definition) is 8. The third-order valence-corrected chi connectivity index (χ3v) is 7.11. The predicted molar refractivity (Wildman–Crippen MR) is 149 cm³/mol. The molecule has 2 aliphatic heterocycles. The summed E-state index contributed by atoms with van der Waals surface area (Å²) in [4.78, 5) is 13.0. The molecule has 7 nitrogen and oxygen atoms in total. The average molecular weight is 589 g/mol. The highest BCUT2D eigenvalue weighted by molar-refractivity contribution is 7.79. The quantitative estimate of drug-likeness (QED) is 0.258. The molecule has 0 N–H and O–H groups in total. The van der Waals surface area contributed by atoms with E-state index in [0.717, 1.165) is 11.1 Å². The van der Waals surface area contributed by atoms with Crippen LogP contribution in [0.15, 0.2) is 72.8 Å². The number of benzene rings is 3. The van der Waals surface area contributed by atoms with Crippen LogP contribution in [0.5, 0.6) is 5.75 Å². The lowest BCUT2D eigenvalue weighted by Gasteiger charge is -2.45. The van der Waals surface area contributed by atoms with Crippen molar-refractivity contribution < 1.29 is 33.2 Å². The molecule has 0 aromatic heterocycles. The van der Waals surface area contributed by atoms with Gasteiger partial charge in [0.25, 0.3) is 0 Å². The zero-order chi connectivity index (χ0) is 27.4. The smallest absolute Gasteiger partial charge is 0.358 e. The van der Waals surface area contributed by atoms with Crippen LogP contribution in [0, 0.1) is 6.92 Å². The van der Waals surface area contributed by atoms with Crippen LogP contribution in [0.3, 0.4) is 0 Å². The molecule has 2 fully saturated rings. The highest BCUT2D eigenvalue weighted by Gasteiger charge is 2.49. The molecule has 0 spiro atoms. The van der Waals surface area contributed by atoms with Crippen molar-refractivity contribution in [2.45, 2.75) is 44.1 Å². The Hall–Kier alpha value is -2.72. The van der Waals surface area contributed by atoms with Gasteiger partial charge in [-0.3, -0.25) is 0 Å². The lowest BCUT2D eigenvalue weighted by atomic mass is 9.98. The maximum atomic E-state index is 13.0. The molecule has 3 aromatic carbocycles. The van der Waals surface area contributed by atoms with Gasteiger partial charge in [-0.15, -0.1) is 0 Å². The van der Waals surface area contributed by atoms with Crippen LogP contribution in [-0.4, -0.2) is 55.1 Å². The highest BCUT2D eigenvalue weighted by Crippen LogP contribution is 2.32. The summed E-state index contributed by atoms with van der Waals surface area (Å²) in [6.07, 6.45) is -2.82. The fraction of sp³-hybridized carbons (Fsp3) is 0.310. The van der Waals surface area contributed by atoms with E-state index in [0.29, 0.717) is 17.0 Å². The Morgan fingerprint density at radius 3 is 2.49 bits per heavy atom. The number of ether oxygens (including phenoxy) is 6. The second-order valence-corrected chi connectivity index (χ2v) is 10.4. The number of fused-ring (bicyclic) bond motifs is 1. The fourth-order valence-electron chi connectivity index (χ4n) is 4.39. The summed E-state index contributed by atoms with van der Waals surface area (Å²) in [5, 5.41) is 0.511. The molecule has 0 amide bonds. The lowest BCUT2D eigenvalue weighted by Crippen LogP contribution is -2.61. The monoisotopic (exact) mass is 588 g/mol. The Bertz CT molecular complexity index is 1300. The molecule has 3 aromatic rings. The zero-order valence-electron chi connectivity index (χ0n) is 21.0. The van der Waals surface area contributed by atoms with E-state index < -0.39 is 36.7 Å². The van der Waals surface area contributed by atoms with Gasteiger partial charge in [0.2, 0.25) is 0 Å². The van der Waals surface area contributed by atoms with Crippen LogP contribution < -0.4 is 4.74 Å². The van der Waals surface area contributed by atoms with Crippen LogP contribution in [0.4, 0.5) is 0 Å². The number of hydrogen-bond donors (Lipinski definition) is 0. The molecule has 5 atom stereocenters. The van der Waals surface area contributed by atoms with Crippen molar-refractivity contribution in [2.75, 3.05) is 13.2 Å². The van der Waals surface area contributed by atoms with Crippen LogP contribution in [0.1, 0.15) is 21.5 Å². The molecule has 5 rings (SSSR count). The fourth-order valence-corrected chi connectivity index (χ4v) is 5.04. The second kappa shape index (κ2) is 12.6. The van der Waals surface area contributed by atoms with Gasteiger partial charge in [-0.05, 0) is 42.8 Å². The van der Waals surface area contributed by atoms with Crippen molar-refractivity contribution in [3.63, 3.8) is 0 Å². The van der Waals surface area contributed by atoms with Crippen molar-refractivity contribution in [2.24, 2.45) is 0 Å². The number of carbonyl (C=O) groups excluding carboxylic acids is 1. The Morgan fingerprint density at radius 2 is 1.74 bits per heavy atom. The first kappa shape index (κ1) is 27.8. The first-order chi connectivity index (χ1) is 18.9. The van der Waals surface area contributed by atoms with Crippen LogP contribution in [0.25, 0.3) is 0 Å². The average Bonchev–Trinajstić information content (AvgIpc) is 2.92. The predicted octanol–water partition coefficient (Wildman–Crippen LogP) is 5.96. The van der Waals surface area contributed by atoms with Gasteiger partial charge in [-0.1, -0.05) is 71.2 Å². The number of rotatable bonds is 6. The Balaban J connectivity index is 1.35. The minimum Gasteiger partial charge on any atom is -0.452 e.